The second-order valence-corrected chi connectivity index (χ2v) is 8.98. The first-order chi connectivity index (χ1) is 16.9. The van der Waals surface area contributed by atoms with Gasteiger partial charge in [0.1, 0.15) is 5.54 Å². The highest BCUT2D eigenvalue weighted by atomic mass is 35.5. The third kappa shape index (κ3) is 5.30. The van der Waals surface area contributed by atoms with Gasteiger partial charge in [-0.15, -0.1) is 0 Å². The summed E-state index contributed by atoms with van der Waals surface area (Å²) in [6, 6.07) is 16.6. The third-order valence-corrected chi connectivity index (χ3v) is 6.76. The Balaban J connectivity index is 1.36. The first-order valence-electron chi connectivity index (χ1n) is 11.6. The number of Topliss-reactive ketones (excluding diaryl/α,β-unsaturated/α-hetero) is 1. The smallest absolute Gasteiger partial charge is 0.306 e. The molecular formula is C27H27ClN2O5. The largest absolute Gasteiger partial charge is 0.456 e. The molecule has 1 aliphatic carbocycles. The van der Waals surface area contributed by atoms with Gasteiger partial charge in [-0.2, -0.15) is 0 Å². The number of esters is 1. The second kappa shape index (κ2) is 10.9. The molecule has 1 atom stereocenters. The lowest BCUT2D eigenvalue weighted by atomic mass is 9.74. The van der Waals surface area contributed by atoms with E-state index in [4.69, 9.17) is 20.8 Å². The molecule has 182 valence electrons. The predicted molar refractivity (Wildman–Crippen MR) is 131 cm³/mol. The molecule has 35 heavy (non-hydrogen) atoms. The van der Waals surface area contributed by atoms with Crippen molar-refractivity contribution in [3.63, 3.8) is 0 Å². The first-order valence-corrected chi connectivity index (χ1v) is 12.0. The molecule has 8 heteroatoms. The molecule has 1 aliphatic rings. The number of halogens is 1. The lowest BCUT2D eigenvalue weighted by Gasteiger charge is -2.43. The van der Waals surface area contributed by atoms with E-state index in [9.17, 15) is 14.4 Å². The highest BCUT2D eigenvalue weighted by Crippen LogP contribution is 2.42. The molecule has 1 fully saturated rings. The first kappa shape index (κ1) is 24.7. The second-order valence-electron chi connectivity index (χ2n) is 8.57. The van der Waals surface area contributed by atoms with Crippen LogP contribution in [0.1, 0.15) is 43.6 Å². The van der Waals surface area contributed by atoms with Crippen LogP contribution in [-0.4, -0.2) is 41.2 Å². The van der Waals surface area contributed by atoms with Crippen molar-refractivity contribution in [3.8, 4) is 11.3 Å². The Bertz CT molecular complexity index is 1210. The maximum absolute atomic E-state index is 13.1. The van der Waals surface area contributed by atoms with Gasteiger partial charge in [0.15, 0.2) is 24.0 Å². The van der Waals surface area contributed by atoms with Crippen LogP contribution in [0, 0.1) is 0 Å². The summed E-state index contributed by atoms with van der Waals surface area (Å²) in [5, 5.41) is 0.431. The summed E-state index contributed by atoms with van der Waals surface area (Å²) < 4.78 is 10.9. The number of rotatable bonds is 8. The molecular weight excluding hydrogens is 468 g/mol. The van der Waals surface area contributed by atoms with E-state index < -0.39 is 24.0 Å². The van der Waals surface area contributed by atoms with Crippen molar-refractivity contribution in [2.75, 3.05) is 13.7 Å². The summed E-state index contributed by atoms with van der Waals surface area (Å²) in [5.74, 6) is -0.0383. The summed E-state index contributed by atoms with van der Waals surface area (Å²) in [6.07, 6.45) is 4.27. The van der Waals surface area contributed by atoms with Crippen LogP contribution in [0.5, 0.6) is 0 Å². The van der Waals surface area contributed by atoms with E-state index in [1.165, 1.54) is 4.90 Å². The summed E-state index contributed by atoms with van der Waals surface area (Å²) in [7, 11) is 1.57. The minimum absolute atomic E-state index is 0.0142. The normalized spacial score (nSPS) is 17.7. The maximum atomic E-state index is 13.1. The average Bonchev–Trinajstić information content (AvgIpc) is 3.36. The van der Waals surface area contributed by atoms with Crippen molar-refractivity contribution >= 4 is 29.3 Å². The lowest BCUT2D eigenvalue weighted by molar-refractivity contribution is -0.157. The van der Waals surface area contributed by atoms with E-state index in [1.807, 2.05) is 30.3 Å². The van der Waals surface area contributed by atoms with E-state index in [0.29, 0.717) is 35.1 Å². The molecule has 1 heterocycles. The van der Waals surface area contributed by atoms with E-state index in [2.05, 4.69) is 4.98 Å². The van der Waals surface area contributed by atoms with Crippen LogP contribution in [-0.2, 0) is 31.1 Å². The number of oxazole rings is 1. The highest BCUT2D eigenvalue weighted by molar-refractivity contribution is 6.31. The number of hydrogen-bond donors (Lipinski definition) is 0. The maximum Gasteiger partial charge on any atom is 0.306 e. The summed E-state index contributed by atoms with van der Waals surface area (Å²) in [4.78, 5) is 44.1. The van der Waals surface area contributed by atoms with Crippen molar-refractivity contribution in [2.24, 2.45) is 0 Å². The number of nitrogens with zero attached hydrogens (tertiary/aromatic N) is 2. The van der Waals surface area contributed by atoms with Crippen LogP contribution < -0.4 is 0 Å². The van der Waals surface area contributed by atoms with Crippen LogP contribution in [0.25, 0.3) is 11.3 Å². The number of likely N-dealkylation sites (N-methyl/N-ethyl adjacent to an activating group) is 1. The van der Waals surface area contributed by atoms with Crippen LogP contribution >= 0.6 is 11.6 Å². The molecule has 0 saturated heterocycles. The summed E-state index contributed by atoms with van der Waals surface area (Å²) in [5.41, 5.74) is 0.338. The minimum atomic E-state index is -1.16. The Labute approximate surface area is 209 Å². The fourth-order valence-electron chi connectivity index (χ4n) is 4.52. The van der Waals surface area contributed by atoms with Crippen molar-refractivity contribution in [1.82, 2.24) is 9.88 Å². The molecule has 0 bridgehead atoms. The summed E-state index contributed by atoms with van der Waals surface area (Å²) in [6.45, 7) is -0.463. The number of benzene rings is 2. The number of carbonyl (C=O) groups excluding carboxylic acids is 3. The quantitative estimate of drug-likeness (QED) is 0.411. The number of aryl methyl sites for hydroxylation is 1. The van der Waals surface area contributed by atoms with Gasteiger partial charge in [-0.3, -0.25) is 14.4 Å². The molecule has 7 nitrogen and oxygen atoms in total. The standard InChI is InChI=1S/C27H27ClN2O5/c1-30(27(16-8-7-13-23(27)31)20-11-5-6-12-21(20)28)25(32)18-34-26(33)15-14-24-29-17-22(35-24)19-9-3-2-4-10-19/h2-6,9-12,17H,7-8,13-16,18H2,1H3. The predicted octanol–water partition coefficient (Wildman–Crippen LogP) is 4.97. The Morgan fingerprint density at radius 1 is 1.11 bits per heavy atom. The van der Waals surface area contributed by atoms with Crippen LogP contribution in [0.3, 0.4) is 0 Å². The number of aromatic nitrogens is 1. The van der Waals surface area contributed by atoms with Gasteiger partial charge in [0.25, 0.3) is 5.91 Å². The Morgan fingerprint density at radius 2 is 1.86 bits per heavy atom. The van der Waals surface area contributed by atoms with Gasteiger partial charge in [-0.25, -0.2) is 4.98 Å². The van der Waals surface area contributed by atoms with Gasteiger partial charge in [-0.05, 0) is 25.3 Å². The molecule has 2 aromatic carbocycles. The zero-order valence-corrected chi connectivity index (χ0v) is 20.3. The van der Waals surface area contributed by atoms with E-state index in [0.717, 1.165) is 18.4 Å². The average molecular weight is 495 g/mol. The van der Waals surface area contributed by atoms with Gasteiger partial charge in [0.05, 0.1) is 12.6 Å². The van der Waals surface area contributed by atoms with Crippen molar-refractivity contribution < 1.29 is 23.5 Å². The highest BCUT2D eigenvalue weighted by Gasteiger charge is 2.48. The number of ether oxygens (including phenoxy) is 1. The minimum Gasteiger partial charge on any atom is -0.456 e. The molecule has 0 N–H and O–H groups in total. The van der Waals surface area contributed by atoms with Crippen LogP contribution in [0.15, 0.2) is 65.2 Å². The van der Waals surface area contributed by atoms with Gasteiger partial charge >= 0.3 is 5.97 Å². The van der Waals surface area contributed by atoms with Gasteiger partial charge in [0.2, 0.25) is 0 Å². The summed E-state index contributed by atoms with van der Waals surface area (Å²) >= 11 is 6.44. The van der Waals surface area contributed by atoms with Gasteiger partial charge in [0, 0.05) is 36.0 Å². The molecule has 4 rings (SSSR count). The fraction of sp³-hybridized carbons (Fsp3) is 0.333. The number of ketones is 1. The van der Waals surface area contributed by atoms with E-state index >= 15 is 0 Å². The van der Waals surface area contributed by atoms with Gasteiger partial charge < -0.3 is 14.1 Å². The van der Waals surface area contributed by atoms with Crippen molar-refractivity contribution in [1.29, 1.82) is 0 Å². The number of amides is 1. The number of hydrogen-bond acceptors (Lipinski definition) is 6. The van der Waals surface area contributed by atoms with Gasteiger partial charge in [-0.1, -0.05) is 60.1 Å². The lowest BCUT2D eigenvalue weighted by Crippen LogP contribution is -2.55. The SMILES string of the molecule is CN(C(=O)COC(=O)CCc1ncc(-c2ccccc2)o1)C1(c2ccccc2Cl)CCCCC1=O. The number of carbonyl (C=O) groups is 3. The molecule has 0 spiro atoms. The molecule has 0 radical (unpaired) electrons. The Morgan fingerprint density at radius 3 is 2.60 bits per heavy atom. The monoisotopic (exact) mass is 494 g/mol. The van der Waals surface area contributed by atoms with E-state index in [1.54, 1.807) is 37.5 Å². The zero-order chi connectivity index (χ0) is 24.8. The topological polar surface area (TPSA) is 89.7 Å². The molecule has 1 unspecified atom stereocenters. The van der Waals surface area contributed by atoms with Crippen molar-refractivity contribution in [2.45, 2.75) is 44.1 Å². The molecule has 0 aliphatic heterocycles. The molecule has 3 aromatic rings. The van der Waals surface area contributed by atoms with E-state index in [-0.39, 0.29) is 18.6 Å². The molecule has 1 aromatic heterocycles. The Kier molecular flexibility index (Phi) is 7.66. The molecule has 1 amide bonds. The zero-order valence-electron chi connectivity index (χ0n) is 19.5. The van der Waals surface area contributed by atoms with Crippen LogP contribution in [0.4, 0.5) is 0 Å². The Hall–Kier alpha value is -3.45. The van der Waals surface area contributed by atoms with Crippen LogP contribution in [0.2, 0.25) is 5.02 Å². The van der Waals surface area contributed by atoms with Crippen molar-refractivity contribution in [3.05, 3.63) is 77.3 Å². The fourth-order valence-corrected chi connectivity index (χ4v) is 4.82. The molecule has 1 saturated carbocycles. The third-order valence-electron chi connectivity index (χ3n) is 6.43.